The van der Waals surface area contributed by atoms with Crippen LogP contribution in [-0.4, -0.2) is 48.7 Å². The number of alkyl halides is 3. The number of methoxy groups -OCH3 is 1. The monoisotopic (exact) mass is 500 g/mol. The highest BCUT2D eigenvalue weighted by atomic mass is 79.9. The average Bonchev–Trinajstić information content (AvgIpc) is 2.86. The number of aliphatic hydroxyl groups is 1. The first kappa shape index (κ1) is 20.7. The summed E-state index contributed by atoms with van der Waals surface area (Å²) in [7, 11) is 1.15. The van der Waals surface area contributed by atoms with Gasteiger partial charge in [-0.2, -0.15) is 13.2 Å². The molecule has 0 saturated heterocycles. The lowest BCUT2D eigenvalue weighted by Gasteiger charge is -2.17. The molecule has 1 amide bonds. The number of rotatable bonds is 5. The number of nitrogens with one attached hydrogen (secondary N) is 1. The molecule has 0 radical (unpaired) electrons. The summed E-state index contributed by atoms with van der Waals surface area (Å²) in [6.07, 6.45) is -4.54. The summed E-state index contributed by atoms with van der Waals surface area (Å²) in [6.45, 7) is -0.384. The Kier molecular flexibility index (Phi) is 6.35. The van der Waals surface area contributed by atoms with Crippen molar-refractivity contribution >= 4 is 49.4 Å². The topological polar surface area (TPSA) is 78.9 Å². The number of hydrogen-bond donors (Lipinski definition) is 2. The van der Waals surface area contributed by atoms with Gasteiger partial charge in [-0.05, 0) is 44.0 Å². The minimum Gasteiger partial charge on any atom is -0.466 e. The van der Waals surface area contributed by atoms with E-state index < -0.39 is 23.6 Å². The van der Waals surface area contributed by atoms with E-state index in [0.29, 0.717) is 0 Å². The maximum atomic E-state index is 12.9. The fourth-order valence-electron chi connectivity index (χ4n) is 2.33. The van der Waals surface area contributed by atoms with E-state index >= 15 is 0 Å². The van der Waals surface area contributed by atoms with Crippen LogP contribution in [0.25, 0.3) is 0 Å². The predicted molar refractivity (Wildman–Crippen MR) is 93.2 cm³/mol. The molecule has 2 N–H and O–H groups in total. The highest BCUT2D eigenvalue weighted by molar-refractivity contribution is 9.11. The summed E-state index contributed by atoms with van der Waals surface area (Å²) in [5.74, 6) is -1.32. The van der Waals surface area contributed by atoms with Gasteiger partial charge < -0.3 is 20.1 Å². The van der Waals surface area contributed by atoms with Crippen molar-refractivity contribution < 1.29 is 32.6 Å². The van der Waals surface area contributed by atoms with Crippen LogP contribution >= 0.6 is 31.9 Å². The maximum Gasteiger partial charge on any atom is 0.416 e. The molecule has 0 atom stereocenters. The van der Waals surface area contributed by atoms with Gasteiger partial charge in [0.1, 0.15) is 5.70 Å². The van der Waals surface area contributed by atoms with Gasteiger partial charge in [-0.15, -0.1) is 0 Å². The molecular formula is C15H13Br2F3N2O4. The molecule has 0 unspecified atom stereocenters. The van der Waals surface area contributed by atoms with E-state index in [1.807, 2.05) is 0 Å². The van der Waals surface area contributed by atoms with Crippen molar-refractivity contribution in [2.45, 2.75) is 6.18 Å². The lowest BCUT2D eigenvalue weighted by atomic mass is 10.2. The van der Waals surface area contributed by atoms with Crippen molar-refractivity contribution in [3.63, 3.8) is 0 Å². The predicted octanol–water partition coefficient (Wildman–Crippen LogP) is 2.90. The number of benzene rings is 1. The summed E-state index contributed by atoms with van der Waals surface area (Å²) < 4.78 is 43.4. The number of anilines is 1. The zero-order valence-electron chi connectivity index (χ0n) is 13.3. The van der Waals surface area contributed by atoms with Gasteiger partial charge in [0.2, 0.25) is 0 Å². The number of nitrogens with zero attached hydrogens (tertiary/aromatic N) is 1. The number of carbonyl (C=O) groups excluding carboxylic acids is 2. The second-order valence-corrected chi connectivity index (χ2v) is 6.94. The number of β-amino-alcohol motifs (C(OH)–C–C–N with tert-alkyl or cyclic N) is 1. The van der Waals surface area contributed by atoms with Crippen LogP contribution in [-0.2, 0) is 20.5 Å². The van der Waals surface area contributed by atoms with Crippen LogP contribution in [0.3, 0.4) is 0 Å². The molecule has 1 aromatic rings. The lowest BCUT2D eigenvalue weighted by Crippen LogP contribution is -2.31. The van der Waals surface area contributed by atoms with E-state index in [9.17, 15) is 22.8 Å². The van der Waals surface area contributed by atoms with E-state index in [-0.39, 0.29) is 45.6 Å². The highest BCUT2D eigenvalue weighted by Gasteiger charge is 2.36. The summed E-state index contributed by atoms with van der Waals surface area (Å²) >= 11 is 6.08. The number of halogens is 5. The highest BCUT2D eigenvalue weighted by Crippen LogP contribution is 2.40. The van der Waals surface area contributed by atoms with Crippen molar-refractivity contribution in [2.24, 2.45) is 0 Å². The van der Waals surface area contributed by atoms with E-state index in [0.717, 1.165) is 19.2 Å². The van der Waals surface area contributed by atoms with Crippen molar-refractivity contribution in [3.05, 3.63) is 37.9 Å². The molecule has 1 aromatic carbocycles. The molecule has 26 heavy (non-hydrogen) atoms. The van der Waals surface area contributed by atoms with Crippen molar-refractivity contribution in [1.29, 1.82) is 0 Å². The van der Waals surface area contributed by atoms with Gasteiger partial charge >= 0.3 is 12.1 Å². The second kappa shape index (κ2) is 7.97. The van der Waals surface area contributed by atoms with Gasteiger partial charge in [-0.1, -0.05) is 0 Å². The SMILES string of the molecule is COC(=O)C1=C(Nc2c(Br)cc(C(F)(F)F)cc2Br)C(=O)N(CCO)C1. The lowest BCUT2D eigenvalue weighted by molar-refractivity contribution is -0.138. The van der Waals surface area contributed by atoms with Crippen LogP contribution in [0.2, 0.25) is 0 Å². The number of amides is 1. The molecule has 142 valence electrons. The Morgan fingerprint density at radius 2 is 1.92 bits per heavy atom. The van der Waals surface area contributed by atoms with Gasteiger partial charge in [0, 0.05) is 15.5 Å². The van der Waals surface area contributed by atoms with Gasteiger partial charge in [0.25, 0.3) is 5.91 Å². The average molecular weight is 502 g/mol. The van der Waals surface area contributed by atoms with Crippen LogP contribution in [0, 0.1) is 0 Å². The molecule has 2 rings (SSSR count). The first-order chi connectivity index (χ1) is 12.1. The largest absolute Gasteiger partial charge is 0.466 e. The van der Waals surface area contributed by atoms with Gasteiger partial charge in [-0.3, -0.25) is 4.79 Å². The molecule has 6 nitrogen and oxygen atoms in total. The summed E-state index contributed by atoms with van der Waals surface area (Å²) in [6, 6.07) is 1.72. The standard InChI is InChI=1S/C15H13Br2F3N2O4/c1-26-14(25)8-6-22(2-3-23)13(24)11(8)21-12-9(16)4-7(5-10(12)17)15(18,19)20/h4-5,21,23H,2-3,6H2,1H3. The summed E-state index contributed by atoms with van der Waals surface area (Å²) in [4.78, 5) is 25.6. The molecule has 0 saturated carbocycles. The van der Waals surface area contributed by atoms with Crippen LogP contribution in [0.1, 0.15) is 5.56 Å². The second-order valence-electron chi connectivity index (χ2n) is 5.23. The summed E-state index contributed by atoms with van der Waals surface area (Å²) in [5.41, 5.74) is -0.840. The summed E-state index contributed by atoms with van der Waals surface area (Å²) in [5, 5.41) is 11.7. The minimum absolute atomic E-state index is 0.000140. The first-order valence-electron chi connectivity index (χ1n) is 7.15. The fourth-order valence-corrected chi connectivity index (χ4v) is 3.71. The Balaban J connectivity index is 2.44. The molecule has 1 heterocycles. The molecule has 0 bridgehead atoms. The van der Waals surface area contributed by atoms with Gasteiger partial charge in [0.05, 0.1) is 37.1 Å². The third-order valence-electron chi connectivity index (χ3n) is 3.57. The van der Waals surface area contributed by atoms with Crippen LogP contribution in [0.4, 0.5) is 18.9 Å². The Hall–Kier alpha value is -1.59. The Morgan fingerprint density at radius 3 is 2.38 bits per heavy atom. The first-order valence-corrected chi connectivity index (χ1v) is 8.73. The number of carbonyl (C=O) groups is 2. The van der Waals surface area contributed by atoms with E-state index in [2.05, 4.69) is 41.9 Å². The quantitative estimate of drug-likeness (QED) is 0.606. The smallest absolute Gasteiger partial charge is 0.416 e. The van der Waals surface area contributed by atoms with Gasteiger partial charge in [-0.25, -0.2) is 4.79 Å². The van der Waals surface area contributed by atoms with Crippen molar-refractivity contribution in [1.82, 2.24) is 4.90 Å². The van der Waals surface area contributed by atoms with E-state index in [1.54, 1.807) is 0 Å². The number of esters is 1. The maximum absolute atomic E-state index is 12.9. The van der Waals surface area contributed by atoms with Gasteiger partial charge in [0.15, 0.2) is 0 Å². The van der Waals surface area contributed by atoms with E-state index in [4.69, 9.17) is 5.11 Å². The number of hydrogen-bond acceptors (Lipinski definition) is 5. The molecule has 11 heteroatoms. The van der Waals surface area contributed by atoms with Crippen LogP contribution < -0.4 is 5.32 Å². The molecule has 1 aliphatic rings. The molecule has 0 aromatic heterocycles. The molecule has 0 spiro atoms. The zero-order chi connectivity index (χ0) is 19.6. The number of ether oxygens (including phenoxy) is 1. The Bertz CT molecular complexity index is 758. The fraction of sp³-hybridized carbons (Fsp3) is 0.333. The number of aliphatic hydroxyl groups excluding tert-OH is 1. The third kappa shape index (κ3) is 4.21. The Morgan fingerprint density at radius 1 is 1.35 bits per heavy atom. The normalized spacial score (nSPS) is 14.9. The Labute approximate surface area is 163 Å². The zero-order valence-corrected chi connectivity index (χ0v) is 16.5. The minimum atomic E-state index is -4.54. The van der Waals surface area contributed by atoms with Crippen molar-refractivity contribution in [2.75, 3.05) is 32.1 Å². The molecular weight excluding hydrogens is 489 g/mol. The molecule has 1 aliphatic heterocycles. The van der Waals surface area contributed by atoms with Crippen LogP contribution in [0.15, 0.2) is 32.3 Å². The van der Waals surface area contributed by atoms with Crippen molar-refractivity contribution in [3.8, 4) is 0 Å². The van der Waals surface area contributed by atoms with E-state index in [1.165, 1.54) is 4.90 Å². The molecule has 0 aliphatic carbocycles. The molecule has 0 fully saturated rings. The third-order valence-corrected chi connectivity index (χ3v) is 4.82. The van der Waals surface area contributed by atoms with Crippen LogP contribution in [0.5, 0.6) is 0 Å².